The molecule has 0 saturated carbocycles. The zero-order valence-electron chi connectivity index (χ0n) is 13.2. The maximum atomic E-state index is 11.6. The second-order valence-corrected chi connectivity index (χ2v) is 5.69. The maximum Gasteiger partial charge on any atom is 0.241 e. The molecule has 1 N–H and O–H groups in total. The lowest BCUT2D eigenvalue weighted by Gasteiger charge is -2.20. The van der Waals surface area contributed by atoms with E-state index in [2.05, 4.69) is 24.1 Å². The molecular formula is C15H26N4O. The molecule has 1 aromatic rings. The Morgan fingerprint density at radius 2 is 2.00 bits per heavy atom. The summed E-state index contributed by atoms with van der Waals surface area (Å²) >= 11 is 0. The highest BCUT2D eigenvalue weighted by Gasteiger charge is 2.09. The Kier molecular flexibility index (Phi) is 6.45. The third-order valence-corrected chi connectivity index (χ3v) is 2.95. The number of likely N-dealkylation sites (N-methyl/N-ethyl adjacent to an activating group) is 2. The molecule has 0 bridgehead atoms. The Morgan fingerprint density at radius 1 is 1.30 bits per heavy atom. The lowest BCUT2D eigenvalue weighted by atomic mass is 10.2. The normalized spacial score (nSPS) is 10.7. The smallest absolute Gasteiger partial charge is 0.241 e. The zero-order chi connectivity index (χ0) is 15.1. The number of pyridine rings is 1. The van der Waals surface area contributed by atoms with E-state index in [-0.39, 0.29) is 5.91 Å². The highest BCUT2D eigenvalue weighted by Crippen LogP contribution is 2.09. The second-order valence-electron chi connectivity index (χ2n) is 5.69. The lowest BCUT2D eigenvalue weighted by Crippen LogP contribution is -2.34. The Balaban J connectivity index is 2.51. The molecule has 1 amide bonds. The summed E-state index contributed by atoms with van der Waals surface area (Å²) < 4.78 is 0. The first-order valence-corrected chi connectivity index (χ1v) is 6.97. The summed E-state index contributed by atoms with van der Waals surface area (Å²) in [7, 11) is 5.39. The molecule has 1 rings (SSSR count). The SMILES string of the molecule is CC(C)CNCc1ccc(N(C)CC(=O)N(C)C)nc1. The Bertz CT molecular complexity index is 414. The van der Waals surface area contributed by atoms with Gasteiger partial charge in [-0.3, -0.25) is 4.79 Å². The molecule has 0 spiro atoms. The third kappa shape index (κ3) is 5.57. The van der Waals surface area contributed by atoms with Crippen molar-refractivity contribution in [1.82, 2.24) is 15.2 Å². The van der Waals surface area contributed by atoms with Gasteiger partial charge in [0, 0.05) is 33.9 Å². The first-order chi connectivity index (χ1) is 9.40. The highest BCUT2D eigenvalue weighted by atomic mass is 16.2. The summed E-state index contributed by atoms with van der Waals surface area (Å²) in [6.45, 7) is 6.53. The van der Waals surface area contributed by atoms with Crippen LogP contribution in [0.25, 0.3) is 0 Å². The van der Waals surface area contributed by atoms with Gasteiger partial charge in [-0.1, -0.05) is 19.9 Å². The van der Waals surface area contributed by atoms with Gasteiger partial charge in [0.1, 0.15) is 5.82 Å². The van der Waals surface area contributed by atoms with Crippen molar-refractivity contribution in [3.05, 3.63) is 23.9 Å². The number of aromatic nitrogens is 1. The number of anilines is 1. The minimum absolute atomic E-state index is 0.0666. The monoisotopic (exact) mass is 278 g/mol. The van der Waals surface area contributed by atoms with Gasteiger partial charge >= 0.3 is 0 Å². The van der Waals surface area contributed by atoms with E-state index in [1.165, 1.54) is 0 Å². The van der Waals surface area contributed by atoms with Crippen molar-refractivity contribution >= 4 is 11.7 Å². The number of hydrogen-bond acceptors (Lipinski definition) is 4. The number of nitrogens with zero attached hydrogens (tertiary/aromatic N) is 3. The van der Waals surface area contributed by atoms with Crippen LogP contribution in [-0.2, 0) is 11.3 Å². The molecule has 20 heavy (non-hydrogen) atoms. The number of nitrogens with one attached hydrogen (secondary N) is 1. The molecule has 0 saturated heterocycles. The van der Waals surface area contributed by atoms with E-state index in [0.29, 0.717) is 12.5 Å². The minimum Gasteiger partial charge on any atom is -0.350 e. The van der Waals surface area contributed by atoms with Crippen molar-refractivity contribution in [2.24, 2.45) is 5.92 Å². The molecule has 0 aliphatic heterocycles. The van der Waals surface area contributed by atoms with E-state index >= 15 is 0 Å². The van der Waals surface area contributed by atoms with Crippen LogP contribution in [0.2, 0.25) is 0 Å². The van der Waals surface area contributed by atoms with Crippen molar-refractivity contribution in [3.8, 4) is 0 Å². The van der Waals surface area contributed by atoms with Gasteiger partial charge in [-0.05, 0) is 24.1 Å². The van der Waals surface area contributed by atoms with Crippen molar-refractivity contribution in [1.29, 1.82) is 0 Å². The molecule has 0 aliphatic carbocycles. The number of amides is 1. The van der Waals surface area contributed by atoms with Crippen LogP contribution in [0.15, 0.2) is 18.3 Å². The van der Waals surface area contributed by atoms with Gasteiger partial charge in [0.15, 0.2) is 0 Å². The largest absolute Gasteiger partial charge is 0.350 e. The molecule has 5 heteroatoms. The number of rotatable bonds is 7. The van der Waals surface area contributed by atoms with Crippen molar-refractivity contribution in [3.63, 3.8) is 0 Å². The van der Waals surface area contributed by atoms with Gasteiger partial charge in [-0.25, -0.2) is 4.98 Å². The van der Waals surface area contributed by atoms with Crippen LogP contribution in [0.4, 0.5) is 5.82 Å². The van der Waals surface area contributed by atoms with Crippen LogP contribution in [0.3, 0.4) is 0 Å². The predicted molar refractivity (Wildman–Crippen MR) is 82.7 cm³/mol. The van der Waals surface area contributed by atoms with E-state index in [9.17, 15) is 4.79 Å². The van der Waals surface area contributed by atoms with E-state index in [0.717, 1.165) is 24.5 Å². The minimum atomic E-state index is 0.0666. The van der Waals surface area contributed by atoms with Crippen LogP contribution >= 0.6 is 0 Å². The van der Waals surface area contributed by atoms with E-state index in [1.807, 2.05) is 30.3 Å². The molecule has 0 unspecified atom stereocenters. The molecule has 0 radical (unpaired) electrons. The van der Waals surface area contributed by atoms with Crippen LogP contribution in [0, 0.1) is 5.92 Å². The third-order valence-electron chi connectivity index (χ3n) is 2.95. The van der Waals surface area contributed by atoms with Gasteiger partial charge < -0.3 is 15.1 Å². The fourth-order valence-electron chi connectivity index (χ4n) is 1.68. The van der Waals surface area contributed by atoms with Crippen LogP contribution in [0.1, 0.15) is 19.4 Å². The topological polar surface area (TPSA) is 48.5 Å². The summed E-state index contributed by atoms with van der Waals surface area (Å²) in [6.07, 6.45) is 1.86. The molecule has 5 nitrogen and oxygen atoms in total. The fourth-order valence-corrected chi connectivity index (χ4v) is 1.68. The van der Waals surface area contributed by atoms with Gasteiger partial charge in [0.05, 0.1) is 6.54 Å². The summed E-state index contributed by atoms with van der Waals surface area (Å²) in [6, 6.07) is 4.00. The molecule has 0 fully saturated rings. The summed E-state index contributed by atoms with van der Waals surface area (Å²) in [4.78, 5) is 19.5. The van der Waals surface area contributed by atoms with Crippen LogP contribution < -0.4 is 10.2 Å². The summed E-state index contributed by atoms with van der Waals surface area (Å²) in [5.41, 5.74) is 1.15. The molecule has 1 heterocycles. The standard InChI is InChI=1S/C15H26N4O/c1-12(2)8-16-9-13-6-7-14(17-10-13)19(5)11-15(20)18(3)4/h6-7,10,12,16H,8-9,11H2,1-5H3. The first kappa shape index (κ1) is 16.4. The van der Waals surface area contributed by atoms with E-state index in [1.54, 1.807) is 19.0 Å². The Hall–Kier alpha value is -1.62. The van der Waals surface area contributed by atoms with Crippen LogP contribution in [-0.4, -0.2) is 50.0 Å². The molecule has 0 aliphatic rings. The molecule has 112 valence electrons. The fraction of sp³-hybridized carbons (Fsp3) is 0.600. The number of carbonyl (C=O) groups excluding carboxylic acids is 1. The van der Waals surface area contributed by atoms with Gasteiger partial charge in [0.2, 0.25) is 5.91 Å². The lowest BCUT2D eigenvalue weighted by molar-refractivity contribution is -0.127. The predicted octanol–water partition coefficient (Wildman–Crippen LogP) is 1.35. The molecule has 0 atom stereocenters. The molecular weight excluding hydrogens is 252 g/mol. The average Bonchev–Trinajstić information content (AvgIpc) is 2.38. The molecule has 1 aromatic heterocycles. The van der Waals surface area contributed by atoms with Crippen molar-refractivity contribution in [2.45, 2.75) is 20.4 Å². The first-order valence-electron chi connectivity index (χ1n) is 6.97. The maximum absolute atomic E-state index is 11.6. The highest BCUT2D eigenvalue weighted by molar-refractivity contribution is 5.80. The summed E-state index contributed by atoms with van der Waals surface area (Å²) in [5, 5.41) is 3.38. The van der Waals surface area contributed by atoms with Gasteiger partial charge in [-0.2, -0.15) is 0 Å². The van der Waals surface area contributed by atoms with Gasteiger partial charge in [-0.15, -0.1) is 0 Å². The Labute approximate surface area is 122 Å². The molecule has 0 aromatic carbocycles. The second kappa shape index (κ2) is 7.85. The number of hydrogen-bond donors (Lipinski definition) is 1. The van der Waals surface area contributed by atoms with E-state index in [4.69, 9.17) is 0 Å². The van der Waals surface area contributed by atoms with Crippen molar-refractivity contribution in [2.75, 3.05) is 39.1 Å². The average molecular weight is 278 g/mol. The van der Waals surface area contributed by atoms with Crippen LogP contribution in [0.5, 0.6) is 0 Å². The number of carbonyl (C=O) groups is 1. The zero-order valence-corrected chi connectivity index (χ0v) is 13.2. The Morgan fingerprint density at radius 3 is 2.50 bits per heavy atom. The van der Waals surface area contributed by atoms with Gasteiger partial charge in [0.25, 0.3) is 0 Å². The van der Waals surface area contributed by atoms with Crippen molar-refractivity contribution < 1.29 is 4.79 Å². The summed E-state index contributed by atoms with van der Waals surface area (Å²) in [5.74, 6) is 1.52. The van der Waals surface area contributed by atoms with E-state index < -0.39 is 0 Å². The quantitative estimate of drug-likeness (QED) is 0.818.